The second-order valence-electron chi connectivity index (χ2n) is 3.20. The molecule has 1 aromatic rings. The molecule has 0 aromatic carbocycles. The van der Waals surface area contributed by atoms with E-state index in [4.69, 9.17) is 10.8 Å². The lowest BCUT2D eigenvalue weighted by Crippen LogP contribution is -2.15. The topological polar surface area (TPSA) is 114 Å². The number of hydrogen-bond donors (Lipinski definition) is 3. The van der Waals surface area contributed by atoms with E-state index in [2.05, 4.69) is 20.3 Å². The first-order chi connectivity index (χ1) is 8.11. The van der Waals surface area contributed by atoms with Gasteiger partial charge in [-0.25, -0.2) is 4.98 Å². The van der Waals surface area contributed by atoms with Crippen molar-refractivity contribution in [2.45, 2.75) is 18.5 Å². The van der Waals surface area contributed by atoms with Crippen LogP contribution in [0.15, 0.2) is 5.16 Å². The van der Waals surface area contributed by atoms with Crippen molar-refractivity contribution >= 4 is 23.7 Å². The first kappa shape index (κ1) is 13.7. The maximum atomic E-state index is 10.4. The van der Waals surface area contributed by atoms with Gasteiger partial charge in [0.2, 0.25) is 5.95 Å². The molecule has 8 heteroatoms. The molecule has 0 unspecified atom stereocenters. The maximum Gasteiger partial charge on any atom is 0.304 e. The normalized spacial score (nSPS) is 10.2. The average Bonchev–Trinajstić information content (AvgIpc) is 2.25. The molecule has 4 N–H and O–H groups in total. The van der Waals surface area contributed by atoms with Crippen molar-refractivity contribution in [1.82, 2.24) is 15.0 Å². The molecule has 0 aliphatic heterocycles. The molecular weight excluding hydrogens is 242 g/mol. The van der Waals surface area contributed by atoms with Crippen molar-refractivity contribution in [3.63, 3.8) is 0 Å². The van der Waals surface area contributed by atoms with Gasteiger partial charge in [-0.3, -0.25) is 4.79 Å². The fourth-order valence-corrected chi connectivity index (χ4v) is 1.82. The van der Waals surface area contributed by atoms with Gasteiger partial charge in [0.25, 0.3) is 0 Å². The fourth-order valence-electron chi connectivity index (χ4n) is 1.01. The van der Waals surface area contributed by atoms with Crippen LogP contribution in [0.25, 0.3) is 0 Å². The van der Waals surface area contributed by atoms with Gasteiger partial charge in [0, 0.05) is 18.8 Å². The molecule has 0 spiro atoms. The quantitative estimate of drug-likeness (QED) is 0.590. The minimum atomic E-state index is -0.829. The Labute approximate surface area is 103 Å². The van der Waals surface area contributed by atoms with E-state index < -0.39 is 5.97 Å². The second kappa shape index (κ2) is 7.02. The fraction of sp³-hybridized carbons (Fsp3) is 0.556. The van der Waals surface area contributed by atoms with Gasteiger partial charge in [-0.15, -0.1) is 0 Å². The molecule has 1 heterocycles. The number of anilines is 1. The summed E-state index contributed by atoms with van der Waals surface area (Å²) < 4.78 is 0. The molecule has 0 bridgehead atoms. The van der Waals surface area contributed by atoms with Gasteiger partial charge < -0.3 is 16.2 Å². The van der Waals surface area contributed by atoms with Crippen LogP contribution >= 0.6 is 11.8 Å². The molecule has 7 nitrogen and oxygen atoms in total. The number of nitrogens with zero attached hydrogens (tertiary/aromatic N) is 3. The van der Waals surface area contributed by atoms with E-state index in [1.54, 1.807) is 6.92 Å². The number of carboxylic acids is 1. The number of thioether (sulfide) groups is 1. The number of aryl methyl sites for hydroxylation is 1. The standard InChI is InChI=1S/C9H15N5O2S/c1-6-12-8(11-4-3-10)14-9(13-6)17-5-2-7(15)16/h2-5,10H2,1H3,(H,15,16)(H,11,12,13,14). The number of carbonyl (C=O) groups is 1. The van der Waals surface area contributed by atoms with E-state index in [1.165, 1.54) is 11.8 Å². The molecule has 0 fully saturated rings. The smallest absolute Gasteiger partial charge is 0.304 e. The molecule has 0 atom stereocenters. The predicted octanol–water partition coefficient (Wildman–Crippen LogP) is 0.117. The third-order valence-electron chi connectivity index (χ3n) is 1.70. The van der Waals surface area contributed by atoms with Crippen molar-refractivity contribution in [1.29, 1.82) is 0 Å². The molecule has 1 aromatic heterocycles. The maximum absolute atomic E-state index is 10.4. The SMILES string of the molecule is Cc1nc(NCCN)nc(SCCC(=O)O)n1. The molecule has 94 valence electrons. The third-order valence-corrected chi connectivity index (χ3v) is 2.55. The van der Waals surface area contributed by atoms with Gasteiger partial charge in [-0.2, -0.15) is 9.97 Å². The van der Waals surface area contributed by atoms with Gasteiger partial charge in [0.15, 0.2) is 5.16 Å². The van der Waals surface area contributed by atoms with Gasteiger partial charge in [-0.1, -0.05) is 11.8 Å². The van der Waals surface area contributed by atoms with E-state index in [-0.39, 0.29) is 6.42 Å². The highest BCUT2D eigenvalue weighted by Gasteiger charge is 2.05. The van der Waals surface area contributed by atoms with Crippen LogP contribution in [-0.2, 0) is 4.79 Å². The Morgan fingerprint density at radius 1 is 1.47 bits per heavy atom. The van der Waals surface area contributed by atoms with Gasteiger partial charge in [0.05, 0.1) is 6.42 Å². The van der Waals surface area contributed by atoms with E-state index >= 15 is 0 Å². The number of nitrogens with two attached hydrogens (primary N) is 1. The van der Waals surface area contributed by atoms with Crippen molar-refractivity contribution in [3.05, 3.63) is 5.82 Å². The molecule has 0 radical (unpaired) electrons. The molecule has 0 saturated heterocycles. The Bertz CT molecular complexity index is 388. The van der Waals surface area contributed by atoms with Crippen molar-refractivity contribution in [3.8, 4) is 0 Å². The summed E-state index contributed by atoms with van der Waals surface area (Å²) in [5.41, 5.74) is 5.36. The van der Waals surface area contributed by atoms with Gasteiger partial charge in [0.1, 0.15) is 5.82 Å². The number of rotatable bonds is 7. The van der Waals surface area contributed by atoms with Crippen LogP contribution in [0.4, 0.5) is 5.95 Å². The van der Waals surface area contributed by atoms with E-state index in [0.717, 1.165) is 0 Å². The van der Waals surface area contributed by atoms with Crippen LogP contribution in [-0.4, -0.2) is 44.9 Å². The van der Waals surface area contributed by atoms with Crippen LogP contribution in [0.2, 0.25) is 0 Å². The number of nitrogens with one attached hydrogen (secondary N) is 1. The zero-order valence-corrected chi connectivity index (χ0v) is 10.3. The van der Waals surface area contributed by atoms with E-state index in [0.29, 0.717) is 35.8 Å². The summed E-state index contributed by atoms with van der Waals surface area (Å²) in [6.07, 6.45) is 0.0843. The average molecular weight is 257 g/mol. The van der Waals surface area contributed by atoms with Gasteiger partial charge in [-0.05, 0) is 6.92 Å². The van der Waals surface area contributed by atoms with Crippen LogP contribution in [0.5, 0.6) is 0 Å². The minimum absolute atomic E-state index is 0.0843. The van der Waals surface area contributed by atoms with E-state index in [1.807, 2.05) is 0 Å². The lowest BCUT2D eigenvalue weighted by molar-refractivity contribution is -0.136. The summed E-state index contributed by atoms with van der Waals surface area (Å²) in [6.45, 7) is 2.84. The Kier molecular flexibility index (Phi) is 5.64. The van der Waals surface area contributed by atoms with Crippen molar-refractivity contribution in [2.75, 3.05) is 24.2 Å². The Balaban J connectivity index is 2.58. The highest BCUT2D eigenvalue weighted by molar-refractivity contribution is 7.99. The summed E-state index contributed by atoms with van der Waals surface area (Å²) in [6, 6.07) is 0. The van der Waals surface area contributed by atoms with Gasteiger partial charge >= 0.3 is 5.97 Å². The van der Waals surface area contributed by atoms with Crippen LogP contribution in [0.1, 0.15) is 12.2 Å². The highest BCUT2D eigenvalue weighted by Crippen LogP contribution is 2.15. The highest BCUT2D eigenvalue weighted by atomic mass is 32.2. The Morgan fingerprint density at radius 3 is 2.88 bits per heavy atom. The lowest BCUT2D eigenvalue weighted by atomic mass is 10.5. The van der Waals surface area contributed by atoms with E-state index in [9.17, 15) is 4.79 Å². The number of aromatic nitrogens is 3. The summed E-state index contributed by atoms with van der Waals surface area (Å²) in [4.78, 5) is 22.7. The summed E-state index contributed by atoms with van der Waals surface area (Å²) in [5, 5.41) is 12.0. The number of aliphatic carboxylic acids is 1. The molecule has 0 amide bonds. The third kappa shape index (κ3) is 5.45. The summed E-state index contributed by atoms with van der Waals surface area (Å²) >= 11 is 1.30. The van der Waals surface area contributed by atoms with Crippen molar-refractivity contribution < 1.29 is 9.90 Å². The van der Waals surface area contributed by atoms with Crippen LogP contribution < -0.4 is 11.1 Å². The zero-order chi connectivity index (χ0) is 12.7. The molecule has 1 rings (SSSR count). The van der Waals surface area contributed by atoms with Crippen molar-refractivity contribution in [2.24, 2.45) is 5.73 Å². The summed E-state index contributed by atoms with van der Waals surface area (Å²) in [7, 11) is 0. The first-order valence-electron chi connectivity index (χ1n) is 5.13. The monoisotopic (exact) mass is 257 g/mol. The molecule has 0 saturated carbocycles. The minimum Gasteiger partial charge on any atom is -0.481 e. The molecule has 0 aliphatic rings. The molecular formula is C9H15N5O2S. The second-order valence-corrected chi connectivity index (χ2v) is 4.26. The number of carboxylic acid groups (broad SMARTS) is 1. The predicted molar refractivity (Wildman–Crippen MR) is 65.1 cm³/mol. The first-order valence-corrected chi connectivity index (χ1v) is 6.11. The Morgan fingerprint density at radius 2 is 2.24 bits per heavy atom. The summed E-state index contributed by atoms with van der Waals surface area (Å²) in [5.74, 6) is 0.678. The zero-order valence-electron chi connectivity index (χ0n) is 9.51. The Hall–Kier alpha value is -1.41. The van der Waals surface area contributed by atoms with Crippen LogP contribution in [0, 0.1) is 6.92 Å². The largest absolute Gasteiger partial charge is 0.481 e. The molecule has 17 heavy (non-hydrogen) atoms. The molecule has 0 aliphatic carbocycles. The lowest BCUT2D eigenvalue weighted by Gasteiger charge is -2.05. The van der Waals surface area contributed by atoms with Crippen LogP contribution in [0.3, 0.4) is 0 Å². The number of hydrogen-bond acceptors (Lipinski definition) is 7.